The standard InChI is InChI=1S/C8H16OS/c1-5-8(4,6-9)10-7(2)3/h6-7H,5H2,1-4H3. The molecule has 0 fully saturated rings. The molecule has 2 heteroatoms. The summed E-state index contributed by atoms with van der Waals surface area (Å²) in [6.07, 6.45) is 1.97. The van der Waals surface area contributed by atoms with E-state index in [9.17, 15) is 4.79 Å². The van der Waals surface area contributed by atoms with Crippen LogP contribution in [0.15, 0.2) is 0 Å². The molecule has 0 radical (unpaired) electrons. The molecule has 10 heavy (non-hydrogen) atoms. The average Bonchev–Trinajstić information content (AvgIpc) is 1.87. The molecule has 0 rings (SSSR count). The predicted molar refractivity (Wildman–Crippen MR) is 47.5 cm³/mol. The highest BCUT2D eigenvalue weighted by atomic mass is 32.2. The lowest BCUT2D eigenvalue weighted by Gasteiger charge is -2.22. The van der Waals surface area contributed by atoms with E-state index >= 15 is 0 Å². The van der Waals surface area contributed by atoms with Crippen molar-refractivity contribution in [1.82, 2.24) is 0 Å². The SMILES string of the molecule is CCC(C)(C=O)SC(C)C. The van der Waals surface area contributed by atoms with E-state index in [0.29, 0.717) is 5.25 Å². The van der Waals surface area contributed by atoms with E-state index in [0.717, 1.165) is 12.7 Å². The van der Waals surface area contributed by atoms with Crippen LogP contribution in [0.5, 0.6) is 0 Å². The van der Waals surface area contributed by atoms with Crippen LogP contribution in [0.3, 0.4) is 0 Å². The van der Waals surface area contributed by atoms with Gasteiger partial charge in [0.25, 0.3) is 0 Å². The molecular weight excluding hydrogens is 144 g/mol. The topological polar surface area (TPSA) is 17.1 Å². The van der Waals surface area contributed by atoms with Crippen LogP contribution in [0.2, 0.25) is 0 Å². The van der Waals surface area contributed by atoms with Crippen LogP contribution in [-0.2, 0) is 4.79 Å². The number of hydrogen-bond donors (Lipinski definition) is 0. The predicted octanol–water partition coefficient (Wildman–Crippen LogP) is 2.50. The van der Waals surface area contributed by atoms with Gasteiger partial charge in [0.15, 0.2) is 0 Å². The van der Waals surface area contributed by atoms with Crippen molar-refractivity contribution < 1.29 is 4.79 Å². The Balaban J connectivity index is 3.92. The fourth-order valence-corrected chi connectivity index (χ4v) is 2.03. The zero-order chi connectivity index (χ0) is 8.20. The van der Waals surface area contributed by atoms with E-state index in [2.05, 4.69) is 13.8 Å². The number of carbonyl (C=O) groups excluding carboxylic acids is 1. The molecule has 0 N–H and O–H groups in total. The highest BCUT2D eigenvalue weighted by Gasteiger charge is 2.22. The zero-order valence-corrected chi connectivity index (χ0v) is 7.99. The van der Waals surface area contributed by atoms with Gasteiger partial charge in [0, 0.05) is 5.25 Å². The molecule has 0 amide bonds. The Labute approximate surface area is 67.6 Å². The van der Waals surface area contributed by atoms with E-state index in [-0.39, 0.29) is 4.75 Å². The zero-order valence-electron chi connectivity index (χ0n) is 7.18. The van der Waals surface area contributed by atoms with Crippen LogP contribution in [0.25, 0.3) is 0 Å². The van der Waals surface area contributed by atoms with Gasteiger partial charge < -0.3 is 4.79 Å². The largest absolute Gasteiger partial charge is 0.302 e. The molecule has 0 aliphatic heterocycles. The summed E-state index contributed by atoms with van der Waals surface area (Å²) >= 11 is 1.73. The van der Waals surface area contributed by atoms with Gasteiger partial charge in [0.1, 0.15) is 6.29 Å². The quantitative estimate of drug-likeness (QED) is 0.588. The molecule has 0 heterocycles. The average molecular weight is 160 g/mol. The molecule has 1 nitrogen and oxygen atoms in total. The summed E-state index contributed by atoms with van der Waals surface area (Å²) in [7, 11) is 0. The van der Waals surface area contributed by atoms with Crippen LogP contribution >= 0.6 is 11.8 Å². The second-order valence-corrected chi connectivity index (χ2v) is 5.06. The Morgan fingerprint density at radius 3 is 2.20 bits per heavy atom. The van der Waals surface area contributed by atoms with E-state index in [4.69, 9.17) is 0 Å². The van der Waals surface area contributed by atoms with Crippen molar-refractivity contribution in [3.8, 4) is 0 Å². The highest BCUT2D eigenvalue weighted by Crippen LogP contribution is 2.29. The summed E-state index contributed by atoms with van der Waals surface area (Å²) in [6, 6.07) is 0. The Kier molecular flexibility index (Phi) is 4.02. The molecule has 0 aliphatic rings. The summed E-state index contributed by atoms with van der Waals surface area (Å²) in [4.78, 5) is 10.6. The smallest absolute Gasteiger partial charge is 0.135 e. The van der Waals surface area contributed by atoms with Gasteiger partial charge in [-0.15, -0.1) is 11.8 Å². The molecule has 60 valence electrons. The number of hydrogen-bond acceptors (Lipinski definition) is 2. The summed E-state index contributed by atoms with van der Waals surface area (Å²) in [5.74, 6) is 0. The lowest BCUT2D eigenvalue weighted by atomic mass is 10.1. The summed E-state index contributed by atoms with van der Waals surface area (Å²) in [6.45, 7) is 8.26. The molecule has 0 aromatic heterocycles. The van der Waals surface area contributed by atoms with E-state index in [1.807, 2.05) is 13.8 Å². The maximum absolute atomic E-state index is 10.6. The third kappa shape index (κ3) is 3.25. The monoisotopic (exact) mass is 160 g/mol. The van der Waals surface area contributed by atoms with Crippen LogP contribution in [0.4, 0.5) is 0 Å². The number of rotatable bonds is 4. The van der Waals surface area contributed by atoms with Crippen LogP contribution in [0, 0.1) is 0 Å². The first-order valence-corrected chi connectivity index (χ1v) is 4.56. The Morgan fingerprint density at radius 2 is 2.10 bits per heavy atom. The second-order valence-electron chi connectivity index (χ2n) is 2.95. The first-order valence-electron chi connectivity index (χ1n) is 3.68. The van der Waals surface area contributed by atoms with Gasteiger partial charge in [-0.2, -0.15) is 0 Å². The third-order valence-electron chi connectivity index (χ3n) is 1.46. The number of aldehydes is 1. The molecule has 0 aliphatic carbocycles. The van der Waals surface area contributed by atoms with Crippen molar-refractivity contribution in [2.45, 2.75) is 44.1 Å². The Morgan fingerprint density at radius 1 is 1.60 bits per heavy atom. The molecule has 1 atom stereocenters. The molecule has 1 unspecified atom stereocenters. The van der Waals surface area contributed by atoms with Gasteiger partial charge >= 0.3 is 0 Å². The maximum atomic E-state index is 10.6. The van der Waals surface area contributed by atoms with Crippen molar-refractivity contribution >= 4 is 18.0 Å². The first kappa shape index (κ1) is 10.0. The highest BCUT2D eigenvalue weighted by molar-refractivity contribution is 8.01. The Hall–Kier alpha value is 0.0200. The minimum Gasteiger partial charge on any atom is -0.302 e. The van der Waals surface area contributed by atoms with Crippen molar-refractivity contribution in [2.24, 2.45) is 0 Å². The van der Waals surface area contributed by atoms with Gasteiger partial charge in [-0.05, 0) is 13.3 Å². The normalized spacial score (nSPS) is 16.9. The van der Waals surface area contributed by atoms with Crippen LogP contribution in [0.1, 0.15) is 34.1 Å². The molecule has 0 aromatic rings. The fourth-order valence-electron chi connectivity index (χ4n) is 0.733. The van der Waals surface area contributed by atoms with Crippen molar-refractivity contribution in [2.75, 3.05) is 0 Å². The van der Waals surface area contributed by atoms with E-state index in [1.54, 1.807) is 11.8 Å². The van der Waals surface area contributed by atoms with Crippen LogP contribution < -0.4 is 0 Å². The minimum absolute atomic E-state index is 0.159. The van der Waals surface area contributed by atoms with Gasteiger partial charge in [-0.1, -0.05) is 20.8 Å². The van der Waals surface area contributed by atoms with E-state index < -0.39 is 0 Å². The number of thioether (sulfide) groups is 1. The first-order chi connectivity index (χ1) is 4.54. The van der Waals surface area contributed by atoms with Crippen molar-refractivity contribution in [3.63, 3.8) is 0 Å². The lowest BCUT2D eigenvalue weighted by Crippen LogP contribution is -2.22. The van der Waals surface area contributed by atoms with Gasteiger partial charge in [0.05, 0.1) is 4.75 Å². The maximum Gasteiger partial charge on any atom is 0.135 e. The molecule has 0 saturated carbocycles. The second kappa shape index (κ2) is 4.02. The van der Waals surface area contributed by atoms with Gasteiger partial charge in [-0.3, -0.25) is 0 Å². The van der Waals surface area contributed by atoms with Gasteiger partial charge in [-0.25, -0.2) is 0 Å². The van der Waals surface area contributed by atoms with Crippen LogP contribution in [-0.4, -0.2) is 16.3 Å². The third-order valence-corrected chi connectivity index (χ3v) is 2.85. The molecule has 0 bridgehead atoms. The molecule has 0 spiro atoms. The van der Waals surface area contributed by atoms with Crippen molar-refractivity contribution in [3.05, 3.63) is 0 Å². The fraction of sp³-hybridized carbons (Fsp3) is 0.875. The molecule has 0 aromatic carbocycles. The minimum atomic E-state index is -0.159. The lowest BCUT2D eigenvalue weighted by molar-refractivity contribution is -0.109. The van der Waals surface area contributed by atoms with Gasteiger partial charge in [0.2, 0.25) is 0 Å². The van der Waals surface area contributed by atoms with Crippen molar-refractivity contribution in [1.29, 1.82) is 0 Å². The number of carbonyl (C=O) groups is 1. The molecular formula is C8H16OS. The molecule has 0 saturated heterocycles. The Bertz CT molecular complexity index is 112. The van der Waals surface area contributed by atoms with E-state index in [1.165, 1.54) is 0 Å². The summed E-state index contributed by atoms with van der Waals surface area (Å²) < 4.78 is -0.159. The summed E-state index contributed by atoms with van der Waals surface area (Å²) in [5, 5.41) is 0.537. The summed E-state index contributed by atoms with van der Waals surface area (Å²) in [5.41, 5.74) is 0.